The lowest BCUT2D eigenvalue weighted by atomic mass is 10.1. The third-order valence-corrected chi connectivity index (χ3v) is 3.20. The van der Waals surface area contributed by atoms with Crippen LogP contribution in [0.25, 0.3) is 0 Å². The van der Waals surface area contributed by atoms with Gasteiger partial charge in [0.05, 0.1) is 0 Å². The first-order valence-electron chi connectivity index (χ1n) is 6.91. The zero-order chi connectivity index (χ0) is 14.0. The van der Waals surface area contributed by atoms with Crippen molar-refractivity contribution in [3.05, 3.63) is 71.8 Å². The zero-order valence-corrected chi connectivity index (χ0v) is 11.5. The van der Waals surface area contributed by atoms with Crippen molar-refractivity contribution in [2.24, 2.45) is 5.16 Å². The van der Waals surface area contributed by atoms with Gasteiger partial charge in [0, 0.05) is 13.0 Å². The Morgan fingerprint density at radius 1 is 0.850 bits per heavy atom. The number of rotatable bonds is 6. The highest BCUT2D eigenvalue weighted by molar-refractivity contribution is 5.81. The van der Waals surface area contributed by atoms with Crippen LogP contribution in [0.5, 0.6) is 0 Å². The summed E-state index contributed by atoms with van der Waals surface area (Å²) in [6.07, 6.45) is 2.51. The van der Waals surface area contributed by atoms with Crippen molar-refractivity contribution in [2.75, 3.05) is 6.54 Å². The van der Waals surface area contributed by atoms with Crippen molar-refractivity contribution in [1.29, 1.82) is 0 Å². The van der Waals surface area contributed by atoms with E-state index in [1.54, 1.807) is 0 Å². The van der Waals surface area contributed by atoms with Crippen molar-refractivity contribution >= 4 is 5.84 Å². The van der Waals surface area contributed by atoms with Crippen LogP contribution in [0.2, 0.25) is 0 Å². The Hall–Kier alpha value is -2.29. The van der Waals surface area contributed by atoms with Gasteiger partial charge in [0.1, 0.15) is 5.84 Å². The topological polar surface area (TPSA) is 44.6 Å². The van der Waals surface area contributed by atoms with E-state index in [4.69, 9.17) is 5.21 Å². The molecule has 0 bridgehead atoms. The minimum atomic E-state index is 0.643. The van der Waals surface area contributed by atoms with Gasteiger partial charge in [-0.2, -0.15) is 0 Å². The van der Waals surface area contributed by atoms with E-state index in [1.165, 1.54) is 11.1 Å². The Morgan fingerprint density at radius 2 is 1.40 bits per heavy atom. The Morgan fingerprint density at radius 3 is 1.95 bits per heavy atom. The second-order valence-corrected chi connectivity index (χ2v) is 4.69. The summed E-state index contributed by atoms with van der Waals surface area (Å²) in [5.74, 6) is 0.643. The molecule has 0 radical (unpaired) electrons. The Balaban J connectivity index is 1.73. The summed E-state index contributed by atoms with van der Waals surface area (Å²) in [6.45, 7) is 0.776. The van der Waals surface area contributed by atoms with Crippen LogP contribution in [-0.2, 0) is 12.8 Å². The molecule has 0 aliphatic carbocycles. The molecule has 0 amide bonds. The molecule has 0 aliphatic rings. The molecular formula is C17H20N2O. The fourth-order valence-corrected chi connectivity index (χ4v) is 2.08. The van der Waals surface area contributed by atoms with Crippen LogP contribution in [0.15, 0.2) is 65.8 Å². The lowest BCUT2D eigenvalue weighted by molar-refractivity contribution is 0.315. The lowest BCUT2D eigenvalue weighted by Crippen LogP contribution is -2.26. The van der Waals surface area contributed by atoms with E-state index < -0.39 is 0 Å². The molecule has 0 spiro atoms. The van der Waals surface area contributed by atoms with E-state index in [9.17, 15) is 0 Å². The van der Waals surface area contributed by atoms with Crippen molar-refractivity contribution in [3.8, 4) is 0 Å². The summed E-state index contributed by atoms with van der Waals surface area (Å²) in [5.41, 5.74) is 2.53. The summed E-state index contributed by atoms with van der Waals surface area (Å²) >= 11 is 0. The summed E-state index contributed by atoms with van der Waals surface area (Å²) in [4.78, 5) is 0. The molecule has 0 aromatic heterocycles. The fourth-order valence-electron chi connectivity index (χ4n) is 2.08. The second-order valence-electron chi connectivity index (χ2n) is 4.69. The van der Waals surface area contributed by atoms with Crippen molar-refractivity contribution in [2.45, 2.75) is 19.3 Å². The smallest absolute Gasteiger partial charge is 0.142 e. The maximum atomic E-state index is 9.03. The van der Waals surface area contributed by atoms with Gasteiger partial charge in [-0.15, -0.1) is 0 Å². The molecule has 2 rings (SSSR count). The molecule has 2 aromatic carbocycles. The highest BCUT2D eigenvalue weighted by atomic mass is 16.4. The molecule has 2 aromatic rings. The summed E-state index contributed by atoms with van der Waals surface area (Å²) in [6, 6.07) is 20.5. The standard InChI is InChI=1S/C17H20N2O/c20-19-17(12-11-15-7-3-1-4-8-15)18-14-13-16-9-5-2-6-10-16/h1-10,20H,11-14H2,(H,18,19). The van der Waals surface area contributed by atoms with E-state index in [2.05, 4.69) is 34.7 Å². The molecule has 0 unspecified atom stereocenters. The van der Waals surface area contributed by atoms with Gasteiger partial charge >= 0.3 is 0 Å². The quantitative estimate of drug-likeness (QED) is 0.365. The van der Waals surface area contributed by atoms with Crippen LogP contribution in [0.3, 0.4) is 0 Å². The molecule has 0 fully saturated rings. The Labute approximate surface area is 120 Å². The van der Waals surface area contributed by atoms with Crippen LogP contribution in [0.1, 0.15) is 17.5 Å². The maximum absolute atomic E-state index is 9.03. The average molecular weight is 268 g/mol. The van der Waals surface area contributed by atoms with Crippen LogP contribution < -0.4 is 5.32 Å². The van der Waals surface area contributed by atoms with Crippen LogP contribution in [0, 0.1) is 0 Å². The number of amidine groups is 1. The largest absolute Gasteiger partial charge is 0.409 e. The van der Waals surface area contributed by atoms with Crippen molar-refractivity contribution in [1.82, 2.24) is 5.32 Å². The van der Waals surface area contributed by atoms with Crippen molar-refractivity contribution < 1.29 is 5.21 Å². The molecular weight excluding hydrogens is 248 g/mol. The molecule has 3 heteroatoms. The highest BCUT2D eigenvalue weighted by Crippen LogP contribution is 2.03. The van der Waals surface area contributed by atoms with Gasteiger partial charge in [-0.25, -0.2) is 0 Å². The normalized spacial score (nSPS) is 11.3. The van der Waals surface area contributed by atoms with E-state index in [-0.39, 0.29) is 0 Å². The third-order valence-electron chi connectivity index (χ3n) is 3.20. The van der Waals surface area contributed by atoms with Crippen LogP contribution in [0.4, 0.5) is 0 Å². The number of aryl methyl sites for hydroxylation is 1. The minimum Gasteiger partial charge on any atom is -0.409 e. The maximum Gasteiger partial charge on any atom is 0.142 e. The highest BCUT2D eigenvalue weighted by Gasteiger charge is 2.01. The van der Waals surface area contributed by atoms with Gasteiger partial charge in [-0.1, -0.05) is 65.8 Å². The number of hydrogen-bond acceptors (Lipinski definition) is 2. The van der Waals surface area contributed by atoms with E-state index in [1.807, 2.05) is 36.4 Å². The number of nitrogens with one attached hydrogen (secondary N) is 1. The predicted molar refractivity (Wildman–Crippen MR) is 82.1 cm³/mol. The van der Waals surface area contributed by atoms with Gasteiger partial charge in [0.25, 0.3) is 0 Å². The minimum absolute atomic E-state index is 0.643. The summed E-state index contributed by atoms with van der Waals surface area (Å²) < 4.78 is 0. The first-order chi connectivity index (χ1) is 9.88. The number of oxime groups is 1. The number of benzene rings is 2. The van der Waals surface area contributed by atoms with E-state index in [0.717, 1.165) is 25.8 Å². The molecule has 20 heavy (non-hydrogen) atoms. The first kappa shape index (κ1) is 14.1. The van der Waals surface area contributed by atoms with Gasteiger partial charge < -0.3 is 10.5 Å². The van der Waals surface area contributed by atoms with Crippen molar-refractivity contribution in [3.63, 3.8) is 0 Å². The molecule has 0 saturated heterocycles. The molecule has 2 N–H and O–H groups in total. The zero-order valence-electron chi connectivity index (χ0n) is 11.5. The second kappa shape index (κ2) is 8.00. The first-order valence-corrected chi connectivity index (χ1v) is 6.91. The van der Waals surface area contributed by atoms with Crippen LogP contribution in [-0.4, -0.2) is 17.6 Å². The molecule has 0 saturated carbocycles. The molecule has 104 valence electrons. The summed E-state index contributed by atoms with van der Waals surface area (Å²) in [7, 11) is 0. The molecule has 0 aliphatic heterocycles. The van der Waals surface area contributed by atoms with Gasteiger partial charge in [-0.3, -0.25) is 0 Å². The number of hydrogen-bond donors (Lipinski definition) is 2. The van der Waals surface area contributed by atoms with E-state index in [0.29, 0.717) is 5.84 Å². The van der Waals surface area contributed by atoms with E-state index >= 15 is 0 Å². The fraction of sp³-hybridized carbons (Fsp3) is 0.235. The SMILES string of the molecule is O/N=C(\CCc1ccccc1)NCCc1ccccc1. The van der Waals surface area contributed by atoms with Gasteiger partial charge in [0.2, 0.25) is 0 Å². The third kappa shape index (κ3) is 4.76. The lowest BCUT2D eigenvalue weighted by Gasteiger charge is -2.08. The summed E-state index contributed by atoms with van der Waals surface area (Å²) in [5, 5.41) is 15.6. The Kier molecular flexibility index (Phi) is 5.65. The molecule has 3 nitrogen and oxygen atoms in total. The average Bonchev–Trinajstić information content (AvgIpc) is 2.52. The van der Waals surface area contributed by atoms with Crippen LogP contribution >= 0.6 is 0 Å². The predicted octanol–water partition coefficient (Wildman–Crippen LogP) is 3.24. The molecule has 0 heterocycles. The van der Waals surface area contributed by atoms with Gasteiger partial charge in [-0.05, 0) is 24.0 Å². The Bertz CT molecular complexity index is 523. The number of nitrogens with zero attached hydrogens (tertiary/aromatic N) is 1. The monoisotopic (exact) mass is 268 g/mol. The molecule has 0 atom stereocenters. The van der Waals surface area contributed by atoms with Gasteiger partial charge in [0.15, 0.2) is 0 Å².